The van der Waals surface area contributed by atoms with Crippen LogP contribution in [0.1, 0.15) is 5.56 Å². The molecular formula is C16H16ClFN2O2. The van der Waals surface area contributed by atoms with Gasteiger partial charge in [-0.1, -0.05) is 23.7 Å². The maximum absolute atomic E-state index is 13.6. The molecule has 22 heavy (non-hydrogen) atoms. The standard InChI is InChI=1S/C16H16ClFN2O2/c1-20(10-11-6-7-15(22-2)14(18)8-11)16(21)19-13-5-3-4-12(17)9-13/h3-9H,10H2,1-2H3,(H,19,21). The lowest BCUT2D eigenvalue weighted by atomic mass is 10.2. The van der Waals surface area contributed by atoms with Crippen LogP contribution < -0.4 is 10.1 Å². The third-order valence-corrected chi connectivity index (χ3v) is 3.29. The van der Waals surface area contributed by atoms with Gasteiger partial charge in [0.05, 0.1) is 7.11 Å². The summed E-state index contributed by atoms with van der Waals surface area (Å²) in [7, 11) is 3.03. The van der Waals surface area contributed by atoms with E-state index in [1.807, 2.05) is 0 Å². The minimum atomic E-state index is -0.455. The lowest BCUT2D eigenvalue weighted by molar-refractivity contribution is 0.220. The van der Waals surface area contributed by atoms with Gasteiger partial charge in [0.1, 0.15) is 0 Å². The van der Waals surface area contributed by atoms with E-state index in [2.05, 4.69) is 5.32 Å². The molecule has 0 aliphatic carbocycles. The highest BCUT2D eigenvalue weighted by Crippen LogP contribution is 2.19. The van der Waals surface area contributed by atoms with Gasteiger partial charge in [0.2, 0.25) is 0 Å². The number of hydrogen-bond donors (Lipinski definition) is 1. The Hall–Kier alpha value is -2.27. The second-order valence-electron chi connectivity index (χ2n) is 4.77. The normalized spacial score (nSPS) is 10.2. The van der Waals surface area contributed by atoms with Gasteiger partial charge in [-0.25, -0.2) is 9.18 Å². The molecule has 6 heteroatoms. The number of nitrogens with zero attached hydrogens (tertiary/aromatic N) is 1. The maximum Gasteiger partial charge on any atom is 0.321 e. The molecular weight excluding hydrogens is 307 g/mol. The zero-order chi connectivity index (χ0) is 16.1. The van der Waals surface area contributed by atoms with E-state index < -0.39 is 5.82 Å². The molecule has 2 amide bonds. The van der Waals surface area contributed by atoms with Crippen LogP contribution in [-0.2, 0) is 6.54 Å². The molecule has 0 radical (unpaired) electrons. The van der Waals surface area contributed by atoms with Crippen LogP contribution in [0.5, 0.6) is 5.75 Å². The van der Waals surface area contributed by atoms with Gasteiger partial charge >= 0.3 is 6.03 Å². The van der Waals surface area contributed by atoms with Crippen molar-refractivity contribution < 1.29 is 13.9 Å². The van der Waals surface area contributed by atoms with Gasteiger partial charge in [0.25, 0.3) is 0 Å². The number of urea groups is 1. The predicted octanol–water partition coefficient (Wildman–Crippen LogP) is 4.15. The minimum absolute atomic E-state index is 0.176. The molecule has 0 aliphatic heterocycles. The number of nitrogens with one attached hydrogen (secondary N) is 1. The van der Waals surface area contributed by atoms with Gasteiger partial charge in [-0.2, -0.15) is 0 Å². The summed E-state index contributed by atoms with van der Waals surface area (Å²) in [6.07, 6.45) is 0. The molecule has 2 aromatic rings. The Balaban J connectivity index is 2.00. The third-order valence-electron chi connectivity index (χ3n) is 3.06. The number of amides is 2. The minimum Gasteiger partial charge on any atom is -0.494 e. The fourth-order valence-corrected chi connectivity index (χ4v) is 2.13. The molecule has 0 aliphatic rings. The first kappa shape index (κ1) is 16.1. The van der Waals surface area contributed by atoms with Crippen molar-refractivity contribution in [2.45, 2.75) is 6.54 Å². The van der Waals surface area contributed by atoms with E-state index in [4.69, 9.17) is 16.3 Å². The number of benzene rings is 2. The van der Waals surface area contributed by atoms with Crippen LogP contribution in [0.15, 0.2) is 42.5 Å². The quantitative estimate of drug-likeness (QED) is 0.918. The molecule has 2 aromatic carbocycles. The zero-order valence-corrected chi connectivity index (χ0v) is 13.0. The first-order valence-electron chi connectivity index (χ1n) is 6.59. The van der Waals surface area contributed by atoms with Gasteiger partial charge in [0, 0.05) is 24.3 Å². The highest BCUT2D eigenvalue weighted by atomic mass is 35.5. The Kier molecular flexibility index (Phi) is 5.22. The molecule has 1 N–H and O–H groups in total. The van der Waals surface area contributed by atoms with Crippen LogP contribution in [0.4, 0.5) is 14.9 Å². The summed E-state index contributed by atoms with van der Waals surface area (Å²) >= 11 is 5.87. The number of ether oxygens (including phenoxy) is 1. The fraction of sp³-hybridized carbons (Fsp3) is 0.188. The molecule has 0 aromatic heterocycles. The molecule has 0 saturated carbocycles. The molecule has 0 spiro atoms. The van der Waals surface area contributed by atoms with Crippen LogP contribution in [-0.4, -0.2) is 25.1 Å². The second kappa shape index (κ2) is 7.13. The molecule has 116 valence electrons. The Bertz CT molecular complexity index is 679. The van der Waals surface area contributed by atoms with Crippen molar-refractivity contribution in [3.63, 3.8) is 0 Å². The van der Waals surface area contributed by atoms with Crippen molar-refractivity contribution >= 4 is 23.3 Å². The van der Waals surface area contributed by atoms with Gasteiger partial charge in [-0.3, -0.25) is 0 Å². The monoisotopic (exact) mass is 322 g/mol. The largest absolute Gasteiger partial charge is 0.494 e. The van der Waals surface area contributed by atoms with E-state index in [-0.39, 0.29) is 18.3 Å². The molecule has 0 saturated heterocycles. The van der Waals surface area contributed by atoms with Crippen LogP contribution in [0, 0.1) is 5.82 Å². The number of hydrogen-bond acceptors (Lipinski definition) is 2. The summed E-state index contributed by atoms with van der Waals surface area (Å²) in [6.45, 7) is 0.271. The Morgan fingerprint density at radius 1 is 1.32 bits per heavy atom. The van der Waals surface area contributed by atoms with E-state index in [0.29, 0.717) is 16.3 Å². The van der Waals surface area contributed by atoms with Crippen LogP contribution in [0.25, 0.3) is 0 Å². The highest BCUT2D eigenvalue weighted by Gasteiger charge is 2.11. The van der Waals surface area contributed by atoms with Crippen LogP contribution in [0.3, 0.4) is 0 Å². The molecule has 0 heterocycles. The number of carbonyl (C=O) groups excluding carboxylic acids is 1. The summed E-state index contributed by atoms with van der Waals surface area (Å²) < 4.78 is 18.5. The number of methoxy groups -OCH3 is 1. The summed E-state index contributed by atoms with van der Waals surface area (Å²) in [5.41, 5.74) is 1.27. The maximum atomic E-state index is 13.6. The Morgan fingerprint density at radius 2 is 2.09 bits per heavy atom. The molecule has 4 nitrogen and oxygen atoms in total. The van der Waals surface area contributed by atoms with E-state index in [1.54, 1.807) is 37.4 Å². The average Bonchev–Trinajstić information content (AvgIpc) is 2.47. The number of halogens is 2. The molecule has 0 bridgehead atoms. The van der Waals surface area contributed by atoms with E-state index in [0.717, 1.165) is 0 Å². The van der Waals surface area contributed by atoms with Crippen LogP contribution >= 0.6 is 11.6 Å². The second-order valence-corrected chi connectivity index (χ2v) is 5.20. The zero-order valence-electron chi connectivity index (χ0n) is 12.3. The van der Waals surface area contributed by atoms with Crippen molar-refractivity contribution in [3.05, 3.63) is 58.9 Å². The molecule has 0 fully saturated rings. The van der Waals surface area contributed by atoms with Gasteiger partial charge < -0.3 is 15.0 Å². The van der Waals surface area contributed by atoms with Gasteiger partial charge in [-0.05, 0) is 35.9 Å². The van der Waals surface area contributed by atoms with Crippen LogP contribution in [0.2, 0.25) is 5.02 Å². The summed E-state index contributed by atoms with van der Waals surface area (Å²) in [6, 6.07) is 11.2. The van der Waals surface area contributed by atoms with Crippen molar-refractivity contribution in [2.24, 2.45) is 0 Å². The third kappa shape index (κ3) is 4.11. The summed E-state index contributed by atoms with van der Waals surface area (Å²) in [5, 5.41) is 3.26. The predicted molar refractivity (Wildman–Crippen MR) is 84.9 cm³/mol. The Labute approximate surface area is 133 Å². The number of anilines is 1. The van der Waals surface area contributed by atoms with E-state index in [9.17, 15) is 9.18 Å². The molecule has 0 atom stereocenters. The smallest absolute Gasteiger partial charge is 0.321 e. The highest BCUT2D eigenvalue weighted by molar-refractivity contribution is 6.30. The van der Waals surface area contributed by atoms with E-state index >= 15 is 0 Å². The molecule has 2 rings (SSSR count). The van der Waals surface area contributed by atoms with Gasteiger partial charge in [0.15, 0.2) is 11.6 Å². The van der Waals surface area contributed by atoms with Crippen molar-refractivity contribution in [3.8, 4) is 5.75 Å². The Morgan fingerprint density at radius 3 is 2.73 bits per heavy atom. The lowest BCUT2D eigenvalue weighted by Gasteiger charge is -2.18. The van der Waals surface area contributed by atoms with Crippen molar-refractivity contribution in [2.75, 3.05) is 19.5 Å². The fourth-order valence-electron chi connectivity index (χ4n) is 1.94. The number of rotatable bonds is 4. The van der Waals surface area contributed by atoms with E-state index in [1.165, 1.54) is 24.1 Å². The number of carbonyl (C=O) groups is 1. The average molecular weight is 323 g/mol. The van der Waals surface area contributed by atoms with Crippen molar-refractivity contribution in [1.29, 1.82) is 0 Å². The first-order valence-corrected chi connectivity index (χ1v) is 6.97. The van der Waals surface area contributed by atoms with Gasteiger partial charge in [-0.15, -0.1) is 0 Å². The summed E-state index contributed by atoms with van der Waals surface area (Å²) in [5.74, 6) is -0.279. The topological polar surface area (TPSA) is 41.6 Å². The summed E-state index contributed by atoms with van der Waals surface area (Å²) in [4.78, 5) is 13.5. The SMILES string of the molecule is COc1ccc(CN(C)C(=O)Nc2cccc(Cl)c2)cc1F. The van der Waals surface area contributed by atoms with Crippen molar-refractivity contribution in [1.82, 2.24) is 4.90 Å². The lowest BCUT2D eigenvalue weighted by Crippen LogP contribution is -2.30. The molecule has 0 unspecified atom stereocenters. The first-order chi connectivity index (χ1) is 10.5.